The zero-order chi connectivity index (χ0) is 21.0. The molecule has 0 aliphatic rings. The lowest BCUT2D eigenvalue weighted by Gasteiger charge is -2.19. The number of ether oxygens (including phenoxy) is 1. The van der Waals surface area contributed by atoms with Crippen molar-refractivity contribution in [3.8, 4) is 5.69 Å². The van der Waals surface area contributed by atoms with Gasteiger partial charge in [0.1, 0.15) is 11.9 Å². The maximum absolute atomic E-state index is 11.9. The molecule has 0 fully saturated rings. The molecule has 9 nitrogen and oxygen atoms in total. The van der Waals surface area contributed by atoms with E-state index in [0.717, 1.165) is 17.9 Å². The molecule has 0 spiro atoms. The number of rotatable bonds is 6. The first-order valence-electron chi connectivity index (χ1n) is 9.51. The van der Waals surface area contributed by atoms with Crippen molar-refractivity contribution in [1.29, 1.82) is 0 Å². The third-order valence-electron chi connectivity index (χ3n) is 3.85. The van der Waals surface area contributed by atoms with Crippen LogP contribution in [0.25, 0.3) is 16.7 Å². The summed E-state index contributed by atoms with van der Waals surface area (Å²) in [7, 11) is 0. The van der Waals surface area contributed by atoms with Gasteiger partial charge in [-0.15, -0.1) is 0 Å². The Morgan fingerprint density at radius 2 is 2.03 bits per heavy atom. The molecule has 0 atom stereocenters. The van der Waals surface area contributed by atoms with E-state index in [4.69, 9.17) is 4.74 Å². The van der Waals surface area contributed by atoms with Crippen LogP contribution in [0.1, 0.15) is 34.6 Å². The van der Waals surface area contributed by atoms with Crippen LogP contribution in [0.5, 0.6) is 0 Å². The Labute approximate surface area is 169 Å². The molecule has 0 radical (unpaired) electrons. The Kier molecular flexibility index (Phi) is 5.86. The molecule has 154 valence electrons. The summed E-state index contributed by atoms with van der Waals surface area (Å²) < 4.78 is 6.95. The number of anilines is 2. The van der Waals surface area contributed by atoms with Gasteiger partial charge in [0, 0.05) is 12.2 Å². The first-order valence-corrected chi connectivity index (χ1v) is 9.51. The van der Waals surface area contributed by atoms with Crippen molar-refractivity contribution in [3.05, 3.63) is 36.8 Å². The summed E-state index contributed by atoms with van der Waals surface area (Å²) in [4.78, 5) is 20.4. The molecule has 0 unspecified atom stereocenters. The highest BCUT2D eigenvalue weighted by Crippen LogP contribution is 2.23. The number of nitrogens with zero attached hydrogens (tertiary/aromatic N) is 4. The number of carbonyl (C=O) groups is 1. The van der Waals surface area contributed by atoms with Gasteiger partial charge in [0.15, 0.2) is 11.5 Å². The number of carbonyl (C=O) groups excluding carboxylic acids is 1. The molecule has 2 aromatic heterocycles. The Bertz CT molecular complexity index is 992. The van der Waals surface area contributed by atoms with Crippen molar-refractivity contribution in [1.82, 2.24) is 25.2 Å². The summed E-state index contributed by atoms with van der Waals surface area (Å²) in [6, 6.07) is 7.96. The zero-order valence-corrected chi connectivity index (χ0v) is 17.4. The van der Waals surface area contributed by atoms with Gasteiger partial charge in [-0.3, -0.25) is 5.43 Å². The summed E-state index contributed by atoms with van der Waals surface area (Å²) in [5.74, 6) is 0.976. The predicted octanol–water partition coefficient (Wildman–Crippen LogP) is 3.74. The molecule has 0 bridgehead atoms. The molecule has 3 N–H and O–H groups in total. The lowest BCUT2D eigenvalue weighted by Crippen LogP contribution is -2.36. The molecule has 2 heterocycles. The van der Waals surface area contributed by atoms with Crippen molar-refractivity contribution in [2.75, 3.05) is 17.3 Å². The Hall–Kier alpha value is -3.36. The van der Waals surface area contributed by atoms with E-state index in [2.05, 4.69) is 45.1 Å². The lowest BCUT2D eigenvalue weighted by molar-refractivity contribution is 0.0541. The van der Waals surface area contributed by atoms with Crippen LogP contribution in [0.15, 0.2) is 36.8 Å². The highest BCUT2D eigenvalue weighted by atomic mass is 16.6. The summed E-state index contributed by atoms with van der Waals surface area (Å²) in [6.07, 6.45) is 2.48. The van der Waals surface area contributed by atoms with E-state index in [1.54, 1.807) is 31.6 Å². The van der Waals surface area contributed by atoms with Crippen LogP contribution in [0.2, 0.25) is 0 Å². The van der Waals surface area contributed by atoms with Gasteiger partial charge in [0.05, 0.1) is 17.3 Å². The maximum Gasteiger partial charge on any atom is 0.426 e. The summed E-state index contributed by atoms with van der Waals surface area (Å²) in [6.45, 7) is 10.6. The van der Waals surface area contributed by atoms with Gasteiger partial charge in [0.2, 0.25) is 0 Å². The molecule has 1 aromatic carbocycles. The number of benzene rings is 1. The number of aromatic nitrogens is 4. The van der Waals surface area contributed by atoms with E-state index in [9.17, 15) is 4.79 Å². The molecular formula is C20H27N7O2. The fourth-order valence-electron chi connectivity index (χ4n) is 2.62. The molecule has 0 saturated carbocycles. The van der Waals surface area contributed by atoms with Crippen LogP contribution in [0, 0.1) is 5.92 Å². The highest BCUT2D eigenvalue weighted by Gasteiger charge is 2.17. The zero-order valence-electron chi connectivity index (χ0n) is 17.4. The Morgan fingerprint density at radius 1 is 1.24 bits per heavy atom. The maximum atomic E-state index is 11.9. The van der Waals surface area contributed by atoms with Gasteiger partial charge >= 0.3 is 6.09 Å². The number of amides is 1. The van der Waals surface area contributed by atoms with Crippen molar-refractivity contribution >= 4 is 28.6 Å². The Morgan fingerprint density at radius 3 is 2.76 bits per heavy atom. The van der Waals surface area contributed by atoms with Gasteiger partial charge in [-0.05, 0) is 44.9 Å². The molecule has 0 aliphatic carbocycles. The van der Waals surface area contributed by atoms with Crippen molar-refractivity contribution < 1.29 is 9.53 Å². The third kappa shape index (κ3) is 5.34. The van der Waals surface area contributed by atoms with Crippen molar-refractivity contribution in [2.45, 2.75) is 40.2 Å². The van der Waals surface area contributed by atoms with Gasteiger partial charge < -0.3 is 10.1 Å². The van der Waals surface area contributed by atoms with E-state index in [1.165, 1.54) is 6.33 Å². The average molecular weight is 397 g/mol. The largest absolute Gasteiger partial charge is 0.443 e. The number of hydrogen-bond donors (Lipinski definition) is 3. The molecule has 9 heteroatoms. The first kappa shape index (κ1) is 20.4. The molecule has 29 heavy (non-hydrogen) atoms. The van der Waals surface area contributed by atoms with Crippen molar-refractivity contribution in [2.24, 2.45) is 5.92 Å². The monoisotopic (exact) mass is 397 g/mol. The number of hydrazine groups is 1. The molecule has 1 amide bonds. The van der Waals surface area contributed by atoms with E-state index in [0.29, 0.717) is 22.8 Å². The summed E-state index contributed by atoms with van der Waals surface area (Å²) in [5, 5.41) is 8.53. The topological polar surface area (TPSA) is 106 Å². The van der Waals surface area contributed by atoms with E-state index < -0.39 is 11.7 Å². The Balaban J connectivity index is 1.81. The van der Waals surface area contributed by atoms with Crippen LogP contribution < -0.4 is 16.2 Å². The van der Waals surface area contributed by atoms with Gasteiger partial charge in [-0.1, -0.05) is 19.9 Å². The van der Waals surface area contributed by atoms with Gasteiger partial charge in [0.25, 0.3) is 0 Å². The second kappa shape index (κ2) is 8.34. The first-order chi connectivity index (χ1) is 13.7. The molecular weight excluding hydrogens is 370 g/mol. The molecule has 3 aromatic rings. The van der Waals surface area contributed by atoms with E-state index >= 15 is 0 Å². The van der Waals surface area contributed by atoms with Crippen LogP contribution in [0.4, 0.5) is 16.3 Å². The summed E-state index contributed by atoms with van der Waals surface area (Å²) >= 11 is 0. The minimum atomic E-state index is -0.597. The lowest BCUT2D eigenvalue weighted by atomic mass is 10.2. The normalized spacial score (nSPS) is 11.5. The van der Waals surface area contributed by atoms with Crippen LogP contribution in [-0.4, -0.2) is 38.0 Å². The van der Waals surface area contributed by atoms with Gasteiger partial charge in [-0.25, -0.2) is 24.9 Å². The third-order valence-corrected chi connectivity index (χ3v) is 3.85. The fraction of sp³-hybridized carbons (Fsp3) is 0.400. The van der Waals surface area contributed by atoms with Crippen LogP contribution >= 0.6 is 0 Å². The standard InChI is InChI=1S/C20H27N7O2/c1-13(2)10-21-14-7-6-8-15(9-14)27-18-16(11-24-27)17(22-12-23-18)25-26-19(28)29-20(3,4)5/h6-9,11-13,21H,10H2,1-5H3,(H,26,28)(H,22,23,25). The average Bonchev–Trinajstić information content (AvgIpc) is 3.08. The van der Waals surface area contributed by atoms with Gasteiger partial charge in [-0.2, -0.15) is 5.10 Å². The van der Waals surface area contributed by atoms with Crippen LogP contribution in [0.3, 0.4) is 0 Å². The second-order valence-corrected chi connectivity index (χ2v) is 8.09. The second-order valence-electron chi connectivity index (χ2n) is 8.09. The highest BCUT2D eigenvalue weighted by molar-refractivity contribution is 5.87. The quantitative estimate of drug-likeness (QED) is 0.544. The number of hydrogen-bond acceptors (Lipinski definition) is 7. The number of nitrogens with one attached hydrogen (secondary N) is 3. The smallest absolute Gasteiger partial charge is 0.426 e. The molecule has 3 rings (SSSR count). The fourth-order valence-corrected chi connectivity index (χ4v) is 2.62. The number of fused-ring (bicyclic) bond motifs is 1. The van der Waals surface area contributed by atoms with Crippen LogP contribution in [-0.2, 0) is 4.74 Å². The molecule has 0 saturated heterocycles. The van der Waals surface area contributed by atoms with E-state index in [-0.39, 0.29) is 0 Å². The minimum Gasteiger partial charge on any atom is -0.443 e. The SMILES string of the molecule is CC(C)CNc1cccc(-n2ncc3c(NNC(=O)OC(C)(C)C)ncnc32)c1. The predicted molar refractivity (Wildman–Crippen MR) is 113 cm³/mol. The van der Waals surface area contributed by atoms with Crippen molar-refractivity contribution in [3.63, 3.8) is 0 Å². The molecule has 0 aliphatic heterocycles. The van der Waals surface area contributed by atoms with E-state index in [1.807, 2.05) is 24.3 Å². The minimum absolute atomic E-state index is 0.432. The summed E-state index contributed by atoms with van der Waals surface area (Å²) in [5.41, 5.74) is 7.18.